The van der Waals surface area contributed by atoms with Crippen molar-refractivity contribution in [2.24, 2.45) is 0 Å². The molecule has 17 heavy (non-hydrogen) atoms. The van der Waals surface area contributed by atoms with Crippen molar-refractivity contribution in [2.75, 3.05) is 20.3 Å². The van der Waals surface area contributed by atoms with E-state index < -0.39 is 0 Å². The van der Waals surface area contributed by atoms with Crippen LogP contribution in [0.25, 0.3) is 0 Å². The highest BCUT2D eigenvalue weighted by Crippen LogP contribution is 2.18. The van der Waals surface area contributed by atoms with Gasteiger partial charge in [-0.05, 0) is 25.1 Å². The maximum absolute atomic E-state index is 11.2. The number of methoxy groups -OCH3 is 1. The summed E-state index contributed by atoms with van der Waals surface area (Å²) in [6.45, 7) is 2.42. The molecule has 5 heteroatoms. The van der Waals surface area contributed by atoms with Gasteiger partial charge in [-0.2, -0.15) is 0 Å². The molecular weight excluding hydrogens is 286 g/mol. The lowest BCUT2D eigenvalue weighted by Crippen LogP contribution is -2.35. The van der Waals surface area contributed by atoms with E-state index >= 15 is 0 Å². The number of hydrogen-bond acceptors (Lipinski definition) is 3. The van der Waals surface area contributed by atoms with E-state index in [1.54, 1.807) is 0 Å². The Bertz CT molecular complexity index is 371. The number of amides is 1. The number of carbonyl (C=O) groups is 1. The van der Waals surface area contributed by atoms with Crippen molar-refractivity contribution >= 4 is 21.8 Å². The van der Waals surface area contributed by atoms with Gasteiger partial charge < -0.3 is 14.8 Å². The van der Waals surface area contributed by atoms with Gasteiger partial charge in [0.1, 0.15) is 18.5 Å². The summed E-state index contributed by atoms with van der Waals surface area (Å²) in [6.07, 6.45) is -0.0925. The lowest BCUT2D eigenvalue weighted by atomic mass is 10.3. The van der Waals surface area contributed by atoms with E-state index in [0.29, 0.717) is 6.54 Å². The molecule has 94 valence electrons. The van der Waals surface area contributed by atoms with Crippen LogP contribution in [0.15, 0.2) is 28.7 Å². The maximum atomic E-state index is 11.2. The summed E-state index contributed by atoms with van der Waals surface area (Å²) in [6, 6.07) is 7.58. The second kappa shape index (κ2) is 7.29. The number of halogens is 1. The molecule has 4 nitrogen and oxygen atoms in total. The zero-order valence-corrected chi connectivity index (χ0v) is 11.5. The van der Waals surface area contributed by atoms with Crippen LogP contribution < -0.4 is 10.1 Å². The minimum absolute atomic E-state index is 0.0730. The Hall–Kier alpha value is -1.07. The molecule has 1 rings (SSSR count). The maximum Gasteiger partial charge on any atom is 0.246 e. The number of carbonyl (C=O) groups excluding carboxylic acids is 1. The summed E-state index contributed by atoms with van der Waals surface area (Å²) in [7, 11) is 1.49. The van der Waals surface area contributed by atoms with Crippen molar-refractivity contribution in [1.82, 2.24) is 5.32 Å². The van der Waals surface area contributed by atoms with Gasteiger partial charge in [-0.25, -0.2) is 0 Å². The first-order valence-corrected chi connectivity index (χ1v) is 6.09. The molecule has 1 atom stereocenters. The van der Waals surface area contributed by atoms with E-state index in [2.05, 4.69) is 21.2 Å². The van der Waals surface area contributed by atoms with Crippen LogP contribution in [0, 0.1) is 0 Å². The molecule has 0 bridgehead atoms. The summed E-state index contributed by atoms with van der Waals surface area (Å²) < 4.78 is 11.3. The van der Waals surface area contributed by atoms with Crippen LogP contribution in [-0.4, -0.2) is 32.3 Å². The summed E-state index contributed by atoms with van der Waals surface area (Å²) >= 11 is 3.37. The van der Waals surface area contributed by atoms with Crippen LogP contribution >= 0.6 is 15.9 Å². The van der Waals surface area contributed by atoms with Crippen molar-refractivity contribution in [3.8, 4) is 5.75 Å². The highest BCUT2D eigenvalue weighted by molar-refractivity contribution is 9.10. The molecule has 0 aliphatic carbocycles. The molecule has 1 aromatic carbocycles. The zero-order chi connectivity index (χ0) is 12.7. The predicted octanol–water partition coefficient (Wildman–Crippen LogP) is 1.98. The third kappa shape index (κ3) is 5.70. The molecule has 1 amide bonds. The lowest BCUT2D eigenvalue weighted by molar-refractivity contribution is -0.125. The molecule has 0 aliphatic rings. The number of rotatable bonds is 6. The average molecular weight is 302 g/mol. The second-order valence-electron chi connectivity index (χ2n) is 3.62. The van der Waals surface area contributed by atoms with Gasteiger partial charge in [0.25, 0.3) is 0 Å². The monoisotopic (exact) mass is 301 g/mol. The largest absolute Gasteiger partial charge is 0.489 e. The molecule has 0 unspecified atom stereocenters. The Balaban J connectivity index is 2.34. The highest BCUT2D eigenvalue weighted by Gasteiger charge is 2.06. The standard InChI is InChI=1S/C12H16BrNO3/c1-9(7-14-12(15)8-16-2)17-11-5-3-4-10(13)6-11/h3-6,9H,7-8H2,1-2H3,(H,14,15)/t9-/m0/s1. The third-order valence-electron chi connectivity index (χ3n) is 2.00. The fraction of sp³-hybridized carbons (Fsp3) is 0.417. The number of nitrogens with one attached hydrogen (secondary N) is 1. The lowest BCUT2D eigenvalue weighted by Gasteiger charge is -2.15. The van der Waals surface area contributed by atoms with Crippen molar-refractivity contribution in [3.05, 3.63) is 28.7 Å². The third-order valence-corrected chi connectivity index (χ3v) is 2.49. The van der Waals surface area contributed by atoms with Crippen molar-refractivity contribution in [3.63, 3.8) is 0 Å². The van der Waals surface area contributed by atoms with Gasteiger partial charge in [0.15, 0.2) is 0 Å². The highest BCUT2D eigenvalue weighted by atomic mass is 79.9. The molecule has 0 aliphatic heterocycles. The van der Waals surface area contributed by atoms with Crippen molar-refractivity contribution in [2.45, 2.75) is 13.0 Å². The average Bonchev–Trinajstić information content (AvgIpc) is 2.27. The molecule has 0 saturated heterocycles. The SMILES string of the molecule is COCC(=O)NC[C@H](C)Oc1cccc(Br)c1. The van der Waals surface area contributed by atoms with Gasteiger partial charge in [0, 0.05) is 11.6 Å². The van der Waals surface area contributed by atoms with Gasteiger partial charge in [-0.1, -0.05) is 22.0 Å². The quantitative estimate of drug-likeness (QED) is 0.874. The first-order chi connectivity index (χ1) is 8.11. The van der Waals surface area contributed by atoms with E-state index in [9.17, 15) is 4.79 Å². The van der Waals surface area contributed by atoms with E-state index in [1.807, 2.05) is 31.2 Å². The first kappa shape index (κ1) is 14.0. The normalized spacial score (nSPS) is 11.9. The van der Waals surface area contributed by atoms with E-state index in [4.69, 9.17) is 9.47 Å². The predicted molar refractivity (Wildman–Crippen MR) is 69.1 cm³/mol. The molecule has 1 N–H and O–H groups in total. The zero-order valence-electron chi connectivity index (χ0n) is 9.90. The Morgan fingerprint density at radius 2 is 2.29 bits per heavy atom. The summed E-state index contributed by atoms with van der Waals surface area (Å²) in [5.41, 5.74) is 0. The number of benzene rings is 1. The summed E-state index contributed by atoms with van der Waals surface area (Å²) in [4.78, 5) is 11.2. The van der Waals surface area contributed by atoms with Gasteiger partial charge in [-0.3, -0.25) is 4.79 Å². The Morgan fingerprint density at radius 3 is 2.94 bits per heavy atom. The molecule has 0 heterocycles. The molecule has 0 spiro atoms. The number of hydrogen-bond donors (Lipinski definition) is 1. The molecular formula is C12H16BrNO3. The van der Waals surface area contributed by atoms with E-state index in [0.717, 1.165) is 10.2 Å². The first-order valence-electron chi connectivity index (χ1n) is 5.29. The van der Waals surface area contributed by atoms with Crippen LogP contribution in [0.3, 0.4) is 0 Å². The van der Waals surface area contributed by atoms with Gasteiger partial charge in [0.05, 0.1) is 6.54 Å². The topological polar surface area (TPSA) is 47.6 Å². The van der Waals surface area contributed by atoms with Crippen LogP contribution in [-0.2, 0) is 9.53 Å². The second-order valence-corrected chi connectivity index (χ2v) is 4.54. The smallest absolute Gasteiger partial charge is 0.246 e. The molecule has 0 saturated carbocycles. The van der Waals surface area contributed by atoms with Gasteiger partial charge in [-0.15, -0.1) is 0 Å². The van der Waals surface area contributed by atoms with Gasteiger partial charge in [0.2, 0.25) is 5.91 Å². The van der Waals surface area contributed by atoms with Crippen LogP contribution in [0.4, 0.5) is 0 Å². The molecule has 0 fully saturated rings. The van der Waals surface area contributed by atoms with Crippen LogP contribution in [0.5, 0.6) is 5.75 Å². The molecule has 0 radical (unpaired) electrons. The molecule has 1 aromatic rings. The molecule has 0 aromatic heterocycles. The van der Waals surface area contributed by atoms with Gasteiger partial charge >= 0.3 is 0 Å². The van der Waals surface area contributed by atoms with Crippen LogP contribution in [0.1, 0.15) is 6.92 Å². The Labute approximate surface area is 109 Å². The minimum Gasteiger partial charge on any atom is -0.489 e. The Morgan fingerprint density at radius 1 is 1.53 bits per heavy atom. The van der Waals surface area contributed by atoms with Crippen molar-refractivity contribution < 1.29 is 14.3 Å². The van der Waals surface area contributed by atoms with E-state index in [1.165, 1.54) is 7.11 Å². The van der Waals surface area contributed by atoms with E-state index in [-0.39, 0.29) is 18.6 Å². The fourth-order valence-electron chi connectivity index (χ4n) is 1.25. The minimum atomic E-state index is -0.141. The summed E-state index contributed by atoms with van der Waals surface area (Å²) in [5, 5.41) is 2.72. The Kier molecular flexibility index (Phi) is 6.00. The number of ether oxygens (including phenoxy) is 2. The summed E-state index contributed by atoms with van der Waals surface area (Å²) in [5.74, 6) is 0.630. The fourth-order valence-corrected chi connectivity index (χ4v) is 1.63. The van der Waals surface area contributed by atoms with Crippen molar-refractivity contribution in [1.29, 1.82) is 0 Å². The van der Waals surface area contributed by atoms with Crippen LogP contribution in [0.2, 0.25) is 0 Å².